The van der Waals surface area contributed by atoms with E-state index in [1.807, 2.05) is 43.3 Å². The number of amides is 1. The van der Waals surface area contributed by atoms with Gasteiger partial charge in [0.25, 0.3) is 5.91 Å². The van der Waals surface area contributed by atoms with Crippen molar-refractivity contribution in [2.24, 2.45) is 0 Å². The van der Waals surface area contributed by atoms with E-state index in [-0.39, 0.29) is 12.7 Å². The summed E-state index contributed by atoms with van der Waals surface area (Å²) in [5, 5.41) is 6.78. The molecule has 3 aromatic rings. The summed E-state index contributed by atoms with van der Waals surface area (Å²) < 4.78 is 10.7. The lowest BCUT2D eigenvalue weighted by atomic mass is 10.2. The number of carbonyl (C=O) groups excluding carboxylic acids is 1. The minimum atomic E-state index is -0.189. The number of hydrogen-bond donors (Lipinski definition) is 2. The van der Waals surface area contributed by atoms with Gasteiger partial charge in [-0.3, -0.25) is 4.79 Å². The molecular weight excluding hydrogens is 378 g/mol. The second kappa shape index (κ2) is 7.78. The molecule has 0 saturated heterocycles. The number of benzene rings is 2. The first-order chi connectivity index (χ1) is 13.6. The lowest BCUT2D eigenvalue weighted by Gasteiger charge is -2.11. The van der Waals surface area contributed by atoms with Crippen molar-refractivity contribution in [2.45, 2.75) is 13.5 Å². The Morgan fingerprint density at radius 3 is 2.89 bits per heavy atom. The van der Waals surface area contributed by atoms with Crippen LogP contribution in [0.25, 0.3) is 0 Å². The third-order valence-electron chi connectivity index (χ3n) is 4.44. The summed E-state index contributed by atoms with van der Waals surface area (Å²) in [7, 11) is 0. The van der Waals surface area contributed by atoms with Gasteiger partial charge in [-0.2, -0.15) is 0 Å². The molecular formula is C21H18ClN3O3. The van der Waals surface area contributed by atoms with Crippen LogP contribution in [0.1, 0.15) is 21.5 Å². The molecule has 142 valence electrons. The third kappa shape index (κ3) is 3.87. The number of rotatable bonds is 5. The normalized spacial score (nSPS) is 11.9. The average molecular weight is 396 g/mol. The van der Waals surface area contributed by atoms with Crippen molar-refractivity contribution in [1.82, 2.24) is 10.3 Å². The summed E-state index contributed by atoms with van der Waals surface area (Å²) in [6, 6.07) is 14.6. The summed E-state index contributed by atoms with van der Waals surface area (Å²) in [5.41, 5.74) is 3.21. The Morgan fingerprint density at radius 1 is 1.14 bits per heavy atom. The van der Waals surface area contributed by atoms with Gasteiger partial charge in [0.2, 0.25) is 6.79 Å². The van der Waals surface area contributed by atoms with Gasteiger partial charge in [0.05, 0.1) is 0 Å². The van der Waals surface area contributed by atoms with E-state index in [4.69, 9.17) is 21.1 Å². The van der Waals surface area contributed by atoms with Crippen LogP contribution in [0.5, 0.6) is 11.5 Å². The van der Waals surface area contributed by atoms with Crippen molar-refractivity contribution in [1.29, 1.82) is 0 Å². The van der Waals surface area contributed by atoms with Crippen LogP contribution in [0.4, 0.5) is 11.5 Å². The van der Waals surface area contributed by atoms with E-state index in [1.165, 1.54) is 0 Å². The molecule has 2 N–H and O–H groups in total. The zero-order valence-corrected chi connectivity index (χ0v) is 15.9. The van der Waals surface area contributed by atoms with E-state index < -0.39 is 0 Å². The van der Waals surface area contributed by atoms with E-state index in [9.17, 15) is 4.79 Å². The van der Waals surface area contributed by atoms with E-state index >= 15 is 0 Å². The molecule has 6 nitrogen and oxygen atoms in total. The highest BCUT2D eigenvalue weighted by atomic mass is 35.5. The van der Waals surface area contributed by atoms with Gasteiger partial charge >= 0.3 is 0 Å². The van der Waals surface area contributed by atoms with Crippen molar-refractivity contribution >= 4 is 29.0 Å². The van der Waals surface area contributed by atoms with Gasteiger partial charge < -0.3 is 20.1 Å². The van der Waals surface area contributed by atoms with Crippen LogP contribution < -0.4 is 20.1 Å². The second-order valence-electron chi connectivity index (χ2n) is 6.34. The molecule has 1 amide bonds. The summed E-state index contributed by atoms with van der Waals surface area (Å²) >= 11 is 6.16. The lowest BCUT2D eigenvalue weighted by Crippen LogP contribution is -2.22. The van der Waals surface area contributed by atoms with E-state index in [0.717, 1.165) is 22.6 Å². The Kier molecular flexibility index (Phi) is 5.04. The van der Waals surface area contributed by atoms with E-state index in [1.54, 1.807) is 18.3 Å². The smallest absolute Gasteiger partial charge is 0.251 e. The second-order valence-corrected chi connectivity index (χ2v) is 6.74. The molecule has 2 heterocycles. The number of nitrogens with zero attached hydrogens (tertiary/aromatic N) is 1. The molecule has 0 saturated carbocycles. The van der Waals surface area contributed by atoms with E-state index in [2.05, 4.69) is 15.6 Å². The molecule has 28 heavy (non-hydrogen) atoms. The highest BCUT2D eigenvalue weighted by Crippen LogP contribution is 2.32. The monoisotopic (exact) mass is 395 g/mol. The molecule has 1 aliphatic heterocycles. The molecule has 0 fully saturated rings. The molecule has 0 unspecified atom stereocenters. The molecule has 0 bridgehead atoms. The van der Waals surface area contributed by atoms with Gasteiger partial charge in [-0.05, 0) is 54.4 Å². The minimum Gasteiger partial charge on any atom is -0.454 e. The Morgan fingerprint density at radius 2 is 2.00 bits per heavy atom. The van der Waals surface area contributed by atoms with Gasteiger partial charge in [-0.15, -0.1) is 0 Å². The van der Waals surface area contributed by atoms with Crippen molar-refractivity contribution in [2.75, 3.05) is 12.1 Å². The Hall–Kier alpha value is -3.25. The highest BCUT2D eigenvalue weighted by Gasteiger charge is 2.14. The fourth-order valence-electron chi connectivity index (χ4n) is 2.86. The number of ether oxygens (including phenoxy) is 2. The number of anilines is 2. The Bertz CT molecular complexity index is 1040. The third-order valence-corrected chi connectivity index (χ3v) is 4.85. The fourth-order valence-corrected chi connectivity index (χ4v) is 3.03. The van der Waals surface area contributed by atoms with Crippen molar-refractivity contribution in [3.63, 3.8) is 0 Å². The average Bonchev–Trinajstić information content (AvgIpc) is 3.18. The fraction of sp³-hybridized carbons (Fsp3) is 0.143. The molecule has 7 heteroatoms. The summed E-state index contributed by atoms with van der Waals surface area (Å²) in [6.45, 7) is 2.53. The number of halogens is 1. The number of fused-ring (bicyclic) bond motifs is 1. The number of nitrogens with one attached hydrogen (secondary N) is 2. The van der Waals surface area contributed by atoms with Crippen LogP contribution in [0.3, 0.4) is 0 Å². The quantitative estimate of drug-likeness (QED) is 0.668. The highest BCUT2D eigenvalue weighted by molar-refractivity contribution is 6.31. The summed E-state index contributed by atoms with van der Waals surface area (Å²) in [4.78, 5) is 16.8. The summed E-state index contributed by atoms with van der Waals surface area (Å²) in [6.07, 6.45) is 1.59. The topological polar surface area (TPSA) is 72.5 Å². The molecule has 1 aliphatic rings. The van der Waals surface area contributed by atoms with E-state index in [0.29, 0.717) is 28.7 Å². The minimum absolute atomic E-state index is 0.189. The van der Waals surface area contributed by atoms with Crippen LogP contribution >= 0.6 is 11.6 Å². The van der Waals surface area contributed by atoms with Crippen molar-refractivity contribution in [3.05, 3.63) is 76.4 Å². The van der Waals surface area contributed by atoms with Crippen LogP contribution in [0, 0.1) is 6.92 Å². The maximum atomic E-state index is 12.5. The molecule has 0 atom stereocenters. The molecule has 4 rings (SSSR count). The number of hydrogen-bond acceptors (Lipinski definition) is 5. The molecule has 2 aromatic carbocycles. The maximum absolute atomic E-state index is 12.5. The zero-order valence-electron chi connectivity index (χ0n) is 15.2. The van der Waals surface area contributed by atoms with Crippen molar-refractivity contribution < 1.29 is 14.3 Å². The zero-order chi connectivity index (χ0) is 19.5. The summed E-state index contributed by atoms with van der Waals surface area (Å²) in [5.74, 6) is 1.79. The van der Waals surface area contributed by atoms with Gasteiger partial charge in [0.1, 0.15) is 5.82 Å². The first-order valence-electron chi connectivity index (χ1n) is 8.75. The first-order valence-corrected chi connectivity index (χ1v) is 9.13. The van der Waals surface area contributed by atoms with Crippen LogP contribution in [-0.2, 0) is 6.54 Å². The predicted molar refractivity (Wildman–Crippen MR) is 107 cm³/mol. The standard InChI is InChI=1S/C21H18ClN3O3/c1-13-16(22)3-2-4-17(13)25-20-10-15(7-8-23-20)21(26)24-11-14-5-6-18-19(9-14)28-12-27-18/h2-10H,11-12H2,1H3,(H,23,25)(H,24,26). The van der Waals surface area contributed by atoms with Crippen LogP contribution in [0.2, 0.25) is 5.02 Å². The largest absolute Gasteiger partial charge is 0.454 e. The molecule has 0 radical (unpaired) electrons. The maximum Gasteiger partial charge on any atom is 0.251 e. The number of aromatic nitrogens is 1. The van der Waals surface area contributed by atoms with Gasteiger partial charge in [-0.25, -0.2) is 4.98 Å². The van der Waals surface area contributed by atoms with Crippen LogP contribution in [-0.4, -0.2) is 17.7 Å². The Balaban J connectivity index is 1.43. The van der Waals surface area contributed by atoms with Gasteiger partial charge in [0.15, 0.2) is 11.5 Å². The molecule has 0 spiro atoms. The van der Waals surface area contributed by atoms with Gasteiger partial charge in [-0.1, -0.05) is 23.7 Å². The Labute approximate surface area is 167 Å². The number of carbonyl (C=O) groups is 1. The SMILES string of the molecule is Cc1c(Cl)cccc1Nc1cc(C(=O)NCc2ccc3c(c2)OCO3)ccn1. The predicted octanol–water partition coefficient (Wildman–Crippen LogP) is 4.45. The number of pyridine rings is 1. The lowest BCUT2D eigenvalue weighted by molar-refractivity contribution is 0.0950. The van der Waals surface area contributed by atoms with Crippen molar-refractivity contribution in [3.8, 4) is 11.5 Å². The first kappa shape index (κ1) is 18.1. The van der Waals surface area contributed by atoms with Gasteiger partial charge in [0, 0.05) is 29.0 Å². The van der Waals surface area contributed by atoms with Crippen LogP contribution in [0.15, 0.2) is 54.7 Å². The molecule has 1 aromatic heterocycles. The molecule has 0 aliphatic carbocycles.